The number of fused-ring (bicyclic) bond motifs is 1. The number of rotatable bonds is 6. The Morgan fingerprint density at radius 3 is 2.78 bits per heavy atom. The number of aryl methyl sites for hydroxylation is 2. The molecule has 1 atom stereocenters. The summed E-state index contributed by atoms with van der Waals surface area (Å²) in [6.07, 6.45) is 1.56. The van der Waals surface area contributed by atoms with Gasteiger partial charge in [-0.25, -0.2) is 13.1 Å². The molecular formula is C17H17N5O3S2. The van der Waals surface area contributed by atoms with Gasteiger partial charge in [0.1, 0.15) is 27.7 Å². The molecule has 0 aliphatic rings. The Morgan fingerprint density at radius 2 is 2.07 bits per heavy atom. The summed E-state index contributed by atoms with van der Waals surface area (Å²) in [5.41, 5.74) is 2.70. The van der Waals surface area contributed by atoms with Gasteiger partial charge < -0.3 is 4.42 Å². The average Bonchev–Trinajstić information content (AvgIpc) is 3.36. The van der Waals surface area contributed by atoms with E-state index in [9.17, 15) is 8.42 Å². The van der Waals surface area contributed by atoms with Crippen molar-refractivity contribution < 1.29 is 12.8 Å². The zero-order valence-electron chi connectivity index (χ0n) is 14.7. The van der Waals surface area contributed by atoms with Crippen LogP contribution in [0.4, 0.5) is 0 Å². The molecule has 4 rings (SSSR count). The molecule has 1 N–H and O–H groups in total. The lowest BCUT2D eigenvalue weighted by atomic mass is 10.2. The van der Waals surface area contributed by atoms with Gasteiger partial charge in [-0.15, -0.1) is 0 Å². The van der Waals surface area contributed by atoms with Crippen molar-refractivity contribution >= 4 is 32.8 Å². The lowest BCUT2D eigenvalue weighted by molar-refractivity contribution is 0.397. The summed E-state index contributed by atoms with van der Waals surface area (Å²) in [7, 11) is -3.79. The summed E-state index contributed by atoms with van der Waals surface area (Å²) < 4.78 is 44.0. The third-order valence-corrected chi connectivity index (χ3v) is 6.21. The van der Waals surface area contributed by atoms with Crippen molar-refractivity contribution in [1.29, 1.82) is 0 Å². The summed E-state index contributed by atoms with van der Waals surface area (Å²) in [5.74, 6) is 0.623. The first-order valence-electron chi connectivity index (χ1n) is 8.23. The standard InChI is InChI=1S/C17H17N5O3S2/c1-11-9-12(2)22(19-11)14(15-6-4-8-25-15)10-18-27(23,24)16-7-3-5-13-17(16)21-26-20-13/h3-9,14,18H,10H2,1-2H3. The Bertz CT molecular complexity index is 1180. The number of nitrogens with zero attached hydrogens (tertiary/aromatic N) is 4. The van der Waals surface area contributed by atoms with Gasteiger partial charge in [-0.05, 0) is 44.2 Å². The first kappa shape index (κ1) is 17.8. The lowest BCUT2D eigenvalue weighted by Crippen LogP contribution is -2.32. The van der Waals surface area contributed by atoms with E-state index in [4.69, 9.17) is 4.42 Å². The molecule has 0 aliphatic heterocycles. The predicted molar refractivity (Wildman–Crippen MR) is 101 cm³/mol. The van der Waals surface area contributed by atoms with Crippen LogP contribution in [0.2, 0.25) is 0 Å². The highest BCUT2D eigenvalue weighted by molar-refractivity contribution is 7.89. The number of hydrogen-bond donors (Lipinski definition) is 1. The SMILES string of the molecule is Cc1cc(C)n(C(CNS(=O)(=O)c2cccc3nsnc23)c2ccco2)n1. The molecule has 0 spiro atoms. The van der Waals surface area contributed by atoms with Gasteiger partial charge in [0, 0.05) is 12.2 Å². The maximum atomic E-state index is 12.9. The largest absolute Gasteiger partial charge is 0.467 e. The molecule has 0 radical (unpaired) electrons. The van der Waals surface area contributed by atoms with Gasteiger partial charge >= 0.3 is 0 Å². The second-order valence-electron chi connectivity index (χ2n) is 6.14. The van der Waals surface area contributed by atoms with Crippen LogP contribution in [0.3, 0.4) is 0 Å². The second kappa shape index (κ2) is 6.87. The number of furan rings is 1. The Labute approximate surface area is 160 Å². The number of aromatic nitrogens is 4. The van der Waals surface area contributed by atoms with E-state index in [1.807, 2.05) is 19.9 Å². The highest BCUT2D eigenvalue weighted by atomic mass is 32.2. The Morgan fingerprint density at radius 1 is 1.22 bits per heavy atom. The lowest BCUT2D eigenvalue weighted by Gasteiger charge is -2.18. The highest BCUT2D eigenvalue weighted by Crippen LogP contribution is 2.23. The predicted octanol–water partition coefficient (Wildman–Crippen LogP) is 2.67. The molecular weight excluding hydrogens is 386 g/mol. The highest BCUT2D eigenvalue weighted by Gasteiger charge is 2.25. The summed E-state index contributed by atoms with van der Waals surface area (Å²) in [6, 6.07) is 10.0. The monoisotopic (exact) mass is 403 g/mol. The molecule has 27 heavy (non-hydrogen) atoms. The number of nitrogens with one attached hydrogen (secondary N) is 1. The molecule has 0 saturated heterocycles. The van der Waals surface area contributed by atoms with Gasteiger partial charge in [-0.2, -0.15) is 13.8 Å². The van der Waals surface area contributed by atoms with Gasteiger partial charge in [0.2, 0.25) is 10.0 Å². The Balaban J connectivity index is 1.66. The average molecular weight is 403 g/mol. The van der Waals surface area contributed by atoms with Gasteiger partial charge in [-0.3, -0.25) is 4.68 Å². The maximum absolute atomic E-state index is 12.9. The van der Waals surface area contributed by atoms with Crippen LogP contribution in [0.5, 0.6) is 0 Å². The van der Waals surface area contributed by atoms with Gasteiger partial charge in [0.25, 0.3) is 0 Å². The minimum Gasteiger partial charge on any atom is -0.467 e. The van der Waals surface area contributed by atoms with Crippen molar-refractivity contribution in [3.05, 3.63) is 59.8 Å². The van der Waals surface area contributed by atoms with E-state index in [0.717, 1.165) is 23.1 Å². The number of hydrogen-bond acceptors (Lipinski definition) is 7. The van der Waals surface area contributed by atoms with E-state index in [0.29, 0.717) is 16.8 Å². The van der Waals surface area contributed by atoms with E-state index in [1.54, 1.807) is 35.2 Å². The molecule has 8 nitrogen and oxygen atoms in total. The molecule has 0 amide bonds. The van der Waals surface area contributed by atoms with Crippen molar-refractivity contribution in [2.24, 2.45) is 0 Å². The van der Waals surface area contributed by atoms with Gasteiger partial charge in [-0.1, -0.05) is 6.07 Å². The molecule has 140 valence electrons. The van der Waals surface area contributed by atoms with E-state index in [1.165, 1.54) is 6.07 Å². The van der Waals surface area contributed by atoms with Crippen LogP contribution in [-0.4, -0.2) is 33.5 Å². The third kappa shape index (κ3) is 3.38. The molecule has 0 aliphatic carbocycles. The van der Waals surface area contributed by atoms with Crippen molar-refractivity contribution in [3.63, 3.8) is 0 Å². The molecule has 4 aromatic rings. The molecule has 3 aromatic heterocycles. The molecule has 1 unspecified atom stereocenters. The second-order valence-corrected chi connectivity index (χ2v) is 8.41. The normalized spacial score (nSPS) is 13.3. The van der Waals surface area contributed by atoms with Crippen LogP contribution < -0.4 is 4.72 Å². The minimum absolute atomic E-state index is 0.0890. The quantitative estimate of drug-likeness (QED) is 0.531. The Hall–Kier alpha value is -2.56. The Kier molecular flexibility index (Phi) is 4.54. The van der Waals surface area contributed by atoms with Crippen LogP contribution in [0.25, 0.3) is 11.0 Å². The van der Waals surface area contributed by atoms with Crippen molar-refractivity contribution in [1.82, 2.24) is 23.2 Å². The maximum Gasteiger partial charge on any atom is 0.242 e. The summed E-state index contributed by atoms with van der Waals surface area (Å²) >= 11 is 0.986. The fourth-order valence-electron chi connectivity index (χ4n) is 3.01. The molecule has 10 heteroatoms. The molecule has 3 heterocycles. The van der Waals surface area contributed by atoms with Crippen LogP contribution in [0.1, 0.15) is 23.2 Å². The van der Waals surface area contributed by atoms with Crippen molar-refractivity contribution in [2.75, 3.05) is 6.54 Å². The first-order chi connectivity index (χ1) is 13.0. The molecule has 0 saturated carbocycles. The van der Waals surface area contributed by atoms with E-state index in [2.05, 4.69) is 18.6 Å². The molecule has 1 aromatic carbocycles. The van der Waals surface area contributed by atoms with Crippen molar-refractivity contribution in [2.45, 2.75) is 24.8 Å². The van der Waals surface area contributed by atoms with Crippen LogP contribution in [0, 0.1) is 13.8 Å². The van der Waals surface area contributed by atoms with Gasteiger partial charge in [0.15, 0.2) is 0 Å². The van der Waals surface area contributed by atoms with E-state index < -0.39 is 16.1 Å². The summed E-state index contributed by atoms with van der Waals surface area (Å²) in [6.45, 7) is 3.90. The number of benzene rings is 1. The molecule has 0 bridgehead atoms. The van der Waals surface area contributed by atoms with Crippen LogP contribution >= 0.6 is 11.7 Å². The zero-order valence-corrected chi connectivity index (χ0v) is 16.3. The van der Waals surface area contributed by atoms with E-state index in [-0.39, 0.29) is 11.4 Å². The molecule has 0 fully saturated rings. The fraction of sp³-hybridized carbons (Fsp3) is 0.235. The summed E-state index contributed by atoms with van der Waals surface area (Å²) in [4.78, 5) is 0.111. The summed E-state index contributed by atoms with van der Waals surface area (Å²) in [5, 5.41) is 4.48. The minimum atomic E-state index is -3.79. The zero-order chi connectivity index (χ0) is 19.0. The first-order valence-corrected chi connectivity index (χ1v) is 10.4. The smallest absolute Gasteiger partial charge is 0.242 e. The fourth-order valence-corrected chi connectivity index (χ4v) is 4.82. The van der Waals surface area contributed by atoms with Crippen LogP contribution in [0.15, 0.2) is 52.0 Å². The van der Waals surface area contributed by atoms with Gasteiger partial charge in [0.05, 0.1) is 23.7 Å². The topological polar surface area (TPSA) is 103 Å². The third-order valence-electron chi connectivity index (χ3n) is 4.22. The van der Waals surface area contributed by atoms with Crippen LogP contribution in [-0.2, 0) is 10.0 Å². The van der Waals surface area contributed by atoms with E-state index >= 15 is 0 Å². The number of sulfonamides is 1. The van der Waals surface area contributed by atoms with Crippen molar-refractivity contribution in [3.8, 4) is 0 Å².